The Morgan fingerprint density at radius 2 is 1.81 bits per heavy atom. The number of carbonyl (C=O) groups is 1. The van der Waals surface area contributed by atoms with Crippen molar-refractivity contribution in [3.8, 4) is 11.5 Å². The Morgan fingerprint density at radius 1 is 1.06 bits per heavy atom. The molecular weight excluding hydrogens is 420 g/mol. The fourth-order valence-electron chi connectivity index (χ4n) is 3.21. The highest BCUT2D eigenvalue weighted by Gasteiger charge is 2.33. The summed E-state index contributed by atoms with van der Waals surface area (Å²) in [5.41, 5.74) is 2.92. The summed E-state index contributed by atoms with van der Waals surface area (Å²) in [4.78, 5) is 20.4. The van der Waals surface area contributed by atoms with Gasteiger partial charge in [-0.25, -0.2) is 4.99 Å². The number of aliphatic imine (C=N–C) groups is 1. The number of ether oxygens (including phenoxy) is 2. The Labute approximate surface area is 195 Å². The lowest BCUT2D eigenvalue weighted by atomic mass is 10.1. The third kappa shape index (κ3) is 6.16. The smallest absolute Gasteiger partial charge is 0.266 e. The van der Waals surface area contributed by atoms with Crippen LogP contribution < -0.4 is 9.47 Å². The van der Waals surface area contributed by atoms with Crippen LogP contribution in [0.5, 0.6) is 11.5 Å². The lowest BCUT2D eigenvalue weighted by Crippen LogP contribution is -2.32. The zero-order valence-electron chi connectivity index (χ0n) is 19.6. The molecule has 0 spiro atoms. The number of benzene rings is 2. The number of amidine groups is 1. The van der Waals surface area contributed by atoms with Crippen LogP contribution in [0.4, 0.5) is 5.69 Å². The fourth-order valence-corrected chi connectivity index (χ4v) is 4.22. The highest BCUT2D eigenvalue weighted by Crippen LogP contribution is 2.36. The quantitative estimate of drug-likeness (QED) is 0.411. The molecule has 1 amide bonds. The lowest BCUT2D eigenvalue weighted by molar-refractivity contribution is -0.122. The summed E-state index contributed by atoms with van der Waals surface area (Å²) in [5, 5.41) is 0.715. The van der Waals surface area contributed by atoms with Gasteiger partial charge in [-0.3, -0.25) is 9.69 Å². The second kappa shape index (κ2) is 11.2. The Kier molecular flexibility index (Phi) is 8.39. The first-order valence-electron chi connectivity index (χ1n) is 11.2. The number of thioether (sulfide) groups is 1. The maximum atomic E-state index is 13.2. The van der Waals surface area contributed by atoms with E-state index in [-0.39, 0.29) is 5.91 Å². The van der Waals surface area contributed by atoms with Crippen molar-refractivity contribution in [1.82, 2.24) is 4.90 Å². The van der Waals surface area contributed by atoms with Crippen molar-refractivity contribution < 1.29 is 14.3 Å². The van der Waals surface area contributed by atoms with Crippen LogP contribution in [0.15, 0.2) is 52.4 Å². The fraction of sp³-hybridized carbons (Fsp3) is 0.385. The number of hydrogen-bond donors (Lipinski definition) is 0. The maximum Gasteiger partial charge on any atom is 0.266 e. The molecule has 0 saturated carbocycles. The number of carbonyl (C=O) groups excluding carboxylic acids is 1. The molecular formula is C26H32N2O3S. The summed E-state index contributed by atoms with van der Waals surface area (Å²) >= 11 is 1.42. The Bertz CT molecular complexity index is 997. The summed E-state index contributed by atoms with van der Waals surface area (Å²) in [5.74, 6) is 1.74. The van der Waals surface area contributed by atoms with Gasteiger partial charge in [0.15, 0.2) is 16.7 Å². The molecule has 0 aliphatic carbocycles. The normalized spacial score (nSPS) is 16.4. The summed E-state index contributed by atoms with van der Waals surface area (Å²) in [6.45, 7) is 12.1. The van der Waals surface area contributed by atoms with Gasteiger partial charge in [0, 0.05) is 6.54 Å². The van der Waals surface area contributed by atoms with Gasteiger partial charge in [-0.15, -0.1) is 0 Å². The number of aryl methyl sites for hydroxylation is 1. The third-order valence-electron chi connectivity index (χ3n) is 4.72. The van der Waals surface area contributed by atoms with Crippen molar-refractivity contribution in [3.63, 3.8) is 0 Å². The van der Waals surface area contributed by atoms with E-state index in [1.54, 1.807) is 4.90 Å². The van der Waals surface area contributed by atoms with Crippen LogP contribution in [-0.2, 0) is 4.79 Å². The topological polar surface area (TPSA) is 51.1 Å². The average molecular weight is 453 g/mol. The number of hydrogen-bond acceptors (Lipinski definition) is 5. The molecule has 1 heterocycles. The molecule has 0 unspecified atom stereocenters. The van der Waals surface area contributed by atoms with E-state index in [0.717, 1.165) is 23.4 Å². The van der Waals surface area contributed by atoms with E-state index in [9.17, 15) is 4.79 Å². The minimum Gasteiger partial charge on any atom is -0.490 e. The van der Waals surface area contributed by atoms with E-state index in [1.165, 1.54) is 17.3 Å². The molecule has 170 valence electrons. The Morgan fingerprint density at radius 3 is 2.47 bits per heavy atom. The lowest BCUT2D eigenvalue weighted by Gasteiger charge is -2.17. The van der Waals surface area contributed by atoms with Gasteiger partial charge in [0.25, 0.3) is 5.91 Å². The minimum absolute atomic E-state index is 0.0150. The van der Waals surface area contributed by atoms with Gasteiger partial charge in [-0.1, -0.05) is 44.5 Å². The molecule has 0 bridgehead atoms. The summed E-state index contributed by atoms with van der Waals surface area (Å²) in [6.07, 6.45) is 2.83. The minimum atomic E-state index is -0.0150. The van der Waals surface area contributed by atoms with Crippen LogP contribution in [0.3, 0.4) is 0 Å². The molecule has 1 saturated heterocycles. The van der Waals surface area contributed by atoms with Crippen LogP contribution in [0.1, 0.15) is 45.2 Å². The zero-order chi connectivity index (χ0) is 23.1. The molecule has 5 nitrogen and oxygen atoms in total. The van der Waals surface area contributed by atoms with Crippen LogP contribution in [0.25, 0.3) is 6.08 Å². The average Bonchev–Trinajstić information content (AvgIpc) is 3.03. The second-order valence-electron chi connectivity index (χ2n) is 8.14. The third-order valence-corrected chi connectivity index (χ3v) is 5.73. The first kappa shape index (κ1) is 23.9. The summed E-state index contributed by atoms with van der Waals surface area (Å²) in [7, 11) is 0. The van der Waals surface area contributed by atoms with E-state index in [0.29, 0.717) is 41.5 Å². The van der Waals surface area contributed by atoms with Gasteiger partial charge in [0.2, 0.25) is 0 Å². The van der Waals surface area contributed by atoms with E-state index in [1.807, 2.05) is 62.4 Å². The van der Waals surface area contributed by atoms with Crippen LogP contribution in [0, 0.1) is 12.8 Å². The molecule has 0 radical (unpaired) electrons. The van der Waals surface area contributed by atoms with Gasteiger partial charge in [0.1, 0.15) is 0 Å². The first-order chi connectivity index (χ1) is 15.4. The van der Waals surface area contributed by atoms with E-state index in [2.05, 4.69) is 20.8 Å². The zero-order valence-corrected chi connectivity index (χ0v) is 20.4. The van der Waals surface area contributed by atoms with Crippen molar-refractivity contribution in [3.05, 3.63) is 58.5 Å². The van der Waals surface area contributed by atoms with E-state index in [4.69, 9.17) is 14.5 Å². The molecule has 1 fully saturated rings. The number of amides is 1. The van der Waals surface area contributed by atoms with Crippen LogP contribution >= 0.6 is 11.8 Å². The van der Waals surface area contributed by atoms with Crippen molar-refractivity contribution in [1.29, 1.82) is 0 Å². The Hall–Kier alpha value is -2.73. The van der Waals surface area contributed by atoms with Crippen molar-refractivity contribution in [2.75, 3.05) is 19.8 Å². The predicted molar refractivity (Wildman–Crippen MR) is 134 cm³/mol. The van der Waals surface area contributed by atoms with Gasteiger partial charge >= 0.3 is 0 Å². The van der Waals surface area contributed by atoms with Gasteiger partial charge in [-0.05, 0) is 73.9 Å². The summed E-state index contributed by atoms with van der Waals surface area (Å²) < 4.78 is 11.6. The second-order valence-corrected chi connectivity index (χ2v) is 9.15. The molecule has 1 aliphatic heterocycles. The highest BCUT2D eigenvalue weighted by atomic mass is 32.2. The van der Waals surface area contributed by atoms with Crippen LogP contribution in [-0.4, -0.2) is 35.7 Å². The van der Waals surface area contributed by atoms with Crippen molar-refractivity contribution in [2.45, 2.75) is 41.0 Å². The molecule has 0 N–H and O–H groups in total. The number of nitrogens with zero attached hydrogens (tertiary/aromatic N) is 2. The van der Waals surface area contributed by atoms with E-state index < -0.39 is 0 Å². The van der Waals surface area contributed by atoms with Crippen molar-refractivity contribution in [2.24, 2.45) is 10.9 Å². The Balaban J connectivity index is 1.92. The van der Waals surface area contributed by atoms with E-state index >= 15 is 0 Å². The maximum absolute atomic E-state index is 13.2. The van der Waals surface area contributed by atoms with Gasteiger partial charge in [-0.2, -0.15) is 0 Å². The van der Waals surface area contributed by atoms with Crippen LogP contribution in [0.2, 0.25) is 0 Å². The molecule has 2 aromatic carbocycles. The number of rotatable bonds is 9. The molecule has 32 heavy (non-hydrogen) atoms. The molecule has 1 aliphatic rings. The highest BCUT2D eigenvalue weighted by molar-refractivity contribution is 8.18. The molecule has 2 aromatic rings. The molecule has 0 aromatic heterocycles. The summed E-state index contributed by atoms with van der Waals surface area (Å²) in [6, 6.07) is 13.8. The monoisotopic (exact) mass is 452 g/mol. The SMILES string of the molecule is CCCOc1ccc(/C=C2/SC(=Nc3ccc(C)cc3)N(CC(C)C)C2=O)cc1OCC. The van der Waals surface area contributed by atoms with Gasteiger partial charge in [0.05, 0.1) is 23.8 Å². The molecule has 0 atom stereocenters. The standard InChI is InChI=1S/C26H32N2O3S/c1-6-14-31-22-13-10-20(15-23(22)30-7-2)16-24-25(29)28(17-18(3)4)26(32-24)27-21-11-8-19(5)9-12-21/h8-13,15-16,18H,6-7,14,17H2,1-5H3/b24-16+,27-26?. The van der Waals surface area contributed by atoms with Crippen molar-refractivity contribution >= 4 is 34.6 Å². The van der Waals surface area contributed by atoms with Gasteiger partial charge < -0.3 is 9.47 Å². The molecule has 6 heteroatoms. The predicted octanol–water partition coefficient (Wildman–Crippen LogP) is 6.44. The largest absolute Gasteiger partial charge is 0.490 e. The first-order valence-corrected chi connectivity index (χ1v) is 12.0. The molecule has 3 rings (SSSR count).